The Kier molecular flexibility index (Phi) is 3.86. The number of benzene rings is 1. The van der Waals surface area contributed by atoms with E-state index in [0.29, 0.717) is 23.9 Å². The highest BCUT2D eigenvalue weighted by Crippen LogP contribution is 2.25. The zero-order valence-corrected chi connectivity index (χ0v) is 10.1. The largest absolute Gasteiger partial charge is 0.478 e. The zero-order chi connectivity index (χ0) is 12.3. The second-order valence-corrected chi connectivity index (χ2v) is 4.36. The van der Waals surface area contributed by atoms with E-state index in [1.165, 1.54) is 6.07 Å². The van der Waals surface area contributed by atoms with Gasteiger partial charge in [0.1, 0.15) is 0 Å². The van der Waals surface area contributed by atoms with Crippen LogP contribution in [-0.2, 0) is 4.74 Å². The van der Waals surface area contributed by atoms with Crippen molar-refractivity contribution in [2.75, 3.05) is 31.2 Å². The molecule has 1 aromatic carbocycles. The van der Waals surface area contributed by atoms with E-state index in [-0.39, 0.29) is 5.56 Å². The Bertz CT molecular complexity index is 414. The first-order valence-corrected chi connectivity index (χ1v) is 5.92. The van der Waals surface area contributed by atoms with E-state index in [4.69, 9.17) is 16.3 Å². The summed E-state index contributed by atoms with van der Waals surface area (Å²) in [6.07, 6.45) is 0.904. The lowest BCUT2D eigenvalue weighted by Gasteiger charge is -2.23. The molecule has 0 saturated carbocycles. The molecule has 1 aliphatic heterocycles. The second-order valence-electron chi connectivity index (χ2n) is 3.92. The van der Waals surface area contributed by atoms with Gasteiger partial charge in [0, 0.05) is 24.7 Å². The number of ether oxygens (including phenoxy) is 1. The molecule has 0 aromatic heterocycles. The lowest BCUT2D eigenvalue weighted by molar-refractivity contribution is 0.0697. The number of carbonyl (C=O) groups is 1. The van der Waals surface area contributed by atoms with E-state index < -0.39 is 5.97 Å². The number of carboxylic acid groups (broad SMARTS) is 1. The summed E-state index contributed by atoms with van der Waals surface area (Å²) in [6.45, 7) is 2.87. The molecule has 1 heterocycles. The van der Waals surface area contributed by atoms with Gasteiger partial charge in [-0.25, -0.2) is 4.79 Å². The normalized spacial score (nSPS) is 16.6. The molecule has 0 spiro atoms. The topological polar surface area (TPSA) is 49.8 Å². The first-order valence-electron chi connectivity index (χ1n) is 5.54. The van der Waals surface area contributed by atoms with Crippen molar-refractivity contribution in [1.29, 1.82) is 0 Å². The van der Waals surface area contributed by atoms with Gasteiger partial charge in [-0.2, -0.15) is 0 Å². The Morgan fingerprint density at radius 3 is 2.94 bits per heavy atom. The molecule has 0 unspecified atom stereocenters. The number of aromatic carboxylic acids is 1. The molecular formula is C12H14ClNO3. The van der Waals surface area contributed by atoms with E-state index in [9.17, 15) is 9.90 Å². The molecule has 1 saturated heterocycles. The molecule has 0 aliphatic carbocycles. The first-order chi connectivity index (χ1) is 8.18. The molecule has 5 heteroatoms. The minimum absolute atomic E-state index is 0.249. The number of nitrogens with zero attached hydrogens (tertiary/aromatic N) is 1. The Hall–Kier alpha value is -1.26. The fraction of sp³-hybridized carbons (Fsp3) is 0.417. The van der Waals surface area contributed by atoms with Gasteiger partial charge in [-0.3, -0.25) is 0 Å². The average molecular weight is 256 g/mol. The Morgan fingerprint density at radius 2 is 2.18 bits per heavy atom. The van der Waals surface area contributed by atoms with Crippen molar-refractivity contribution in [3.8, 4) is 0 Å². The van der Waals surface area contributed by atoms with Crippen LogP contribution in [0.4, 0.5) is 5.69 Å². The summed E-state index contributed by atoms with van der Waals surface area (Å²) < 4.78 is 5.36. The van der Waals surface area contributed by atoms with Crippen molar-refractivity contribution in [2.45, 2.75) is 6.42 Å². The first kappa shape index (κ1) is 12.2. The van der Waals surface area contributed by atoms with Crippen LogP contribution in [0.15, 0.2) is 18.2 Å². The number of hydrogen-bond donors (Lipinski definition) is 1. The van der Waals surface area contributed by atoms with Gasteiger partial charge in [0.25, 0.3) is 0 Å². The average Bonchev–Trinajstić information content (AvgIpc) is 2.57. The summed E-state index contributed by atoms with van der Waals surface area (Å²) in [5, 5.41) is 9.62. The quantitative estimate of drug-likeness (QED) is 0.881. The van der Waals surface area contributed by atoms with Crippen molar-refractivity contribution in [3.63, 3.8) is 0 Å². The molecular weight excluding hydrogens is 242 g/mol. The van der Waals surface area contributed by atoms with Gasteiger partial charge >= 0.3 is 5.97 Å². The summed E-state index contributed by atoms with van der Waals surface area (Å²) in [5.41, 5.74) is 0.965. The lowest BCUT2D eigenvalue weighted by atomic mass is 10.1. The molecule has 1 aromatic rings. The monoisotopic (exact) mass is 255 g/mol. The maximum absolute atomic E-state index is 11.2. The molecule has 1 fully saturated rings. The fourth-order valence-electron chi connectivity index (χ4n) is 1.94. The van der Waals surface area contributed by atoms with Gasteiger partial charge in [-0.15, -0.1) is 0 Å². The number of rotatable bonds is 2. The van der Waals surface area contributed by atoms with Crippen LogP contribution in [0.2, 0.25) is 5.02 Å². The van der Waals surface area contributed by atoms with Gasteiger partial charge in [0.2, 0.25) is 0 Å². The predicted octanol–water partition coefficient (Wildman–Crippen LogP) is 2.26. The zero-order valence-electron chi connectivity index (χ0n) is 9.36. The highest BCUT2D eigenvalue weighted by atomic mass is 35.5. The summed E-state index contributed by atoms with van der Waals surface area (Å²) in [6, 6.07) is 4.97. The lowest BCUT2D eigenvalue weighted by Crippen LogP contribution is -2.27. The molecule has 17 heavy (non-hydrogen) atoms. The van der Waals surface area contributed by atoms with Crippen LogP contribution in [-0.4, -0.2) is 37.4 Å². The van der Waals surface area contributed by atoms with E-state index in [1.54, 1.807) is 12.1 Å². The number of hydrogen-bond acceptors (Lipinski definition) is 3. The Balaban J connectivity index is 2.32. The third kappa shape index (κ3) is 2.90. The van der Waals surface area contributed by atoms with Crippen molar-refractivity contribution in [2.24, 2.45) is 0 Å². The predicted molar refractivity (Wildman–Crippen MR) is 66.1 cm³/mol. The summed E-state index contributed by atoms with van der Waals surface area (Å²) in [4.78, 5) is 13.2. The van der Waals surface area contributed by atoms with Crippen molar-refractivity contribution in [1.82, 2.24) is 0 Å². The molecule has 1 aliphatic rings. The Morgan fingerprint density at radius 1 is 1.35 bits per heavy atom. The molecule has 2 rings (SSSR count). The van der Waals surface area contributed by atoms with Gasteiger partial charge < -0.3 is 14.7 Å². The minimum Gasteiger partial charge on any atom is -0.478 e. The van der Waals surface area contributed by atoms with Crippen LogP contribution < -0.4 is 4.90 Å². The maximum atomic E-state index is 11.2. The van der Waals surface area contributed by atoms with Gasteiger partial charge in [0.05, 0.1) is 17.9 Å². The summed E-state index contributed by atoms with van der Waals surface area (Å²) in [7, 11) is 0. The minimum atomic E-state index is -0.951. The van der Waals surface area contributed by atoms with Crippen LogP contribution in [0.1, 0.15) is 16.8 Å². The van der Waals surface area contributed by atoms with E-state index in [0.717, 1.165) is 19.6 Å². The second kappa shape index (κ2) is 5.38. The van der Waals surface area contributed by atoms with Gasteiger partial charge in [0.15, 0.2) is 0 Å². The fourth-order valence-corrected chi connectivity index (χ4v) is 2.11. The van der Waals surface area contributed by atoms with Crippen LogP contribution in [0.25, 0.3) is 0 Å². The SMILES string of the molecule is O=C(O)c1cc(Cl)ccc1N1CCCOCC1. The number of anilines is 1. The molecule has 0 amide bonds. The van der Waals surface area contributed by atoms with Crippen molar-refractivity contribution in [3.05, 3.63) is 28.8 Å². The summed E-state index contributed by atoms with van der Waals surface area (Å²) >= 11 is 5.83. The third-order valence-corrected chi connectivity index (χ3v) is 2.99. The van der Waals surface area contributed by atoms with Crippen LogP contribution >= 0.6 is 11.6 Å². The van der Waals surface area contributed by atoms with Crippen LogP contribution in [0.5, 0.6) is 0 Å². The smallest absolute Gasteiger partial charge is 0.337 e. The maximum Gasteiger partial charge on any atom is 0.337 e. The van der Waals surface area contributed by atoms with Crippen LogP contribution in [0, 0.1) is 0 Å². The highest BCUT2D eigenvalue weighted by molar-refractivity contribution is 6.31. The summed E-state index contributed by atoms with van der Waals surface area (Å²) in [5.74, 6) is -0.951. The number of halogens is 1. The highest BCUT2D eigenvalue weighted by Gasteiger charge is 2.17. The van der Waals surface area contributed by atoms with E-state index >= 15 is 0 Å². The van der Waals surface area contributed by atoms with Crippen molar-refractivity contribution >= 4 is 23.3 Å². The molecule has 92 valence electrons. The van der Waals surface area contributed by atoms with E-state index in [1.807, 2.05) is 4.90 Å². The van der Waals surface area contributed by atoms with Crippen molar-refractivity contribution < 1.29 is 14.6 Å². The van der Waals surface area contributed by atoms with Gasteiger partial charge in [-0.1, -0.05) is 11.6 Å². The molecule has 4 nitrogen and oxygen atoms in total. The third-order valence-electron chi connectivity index (χ3n) is 2.75. The Labute approximate surface area is 105 Å². The molecule has 0 bridgehead atoms. The van der Waals surface area contributed by atoms with Gasteiger partial charge in [-0.05, 0) is 24.6 Å². The molecule has 0 atom stereocenters. The molecule has 1 N–H and O–H groups in total. The standard InChI is InChI=1S/C12H14ClNO3/c13-9-2-3-11(10(8-9)12(15)16)14-4-1-6-17-7-5-14/h2-3,8H,1,4-7H2,(H,15,16). The molecule has 0 radical (unpaired) electrons. The van der Waals surface area contributed by atoms with E-state index in [2.05, 4.69) is 0 Å². The van der Waals surface area contributed by atoms with Crippen LogP contribution in [0.3, 0.4) is 0 Å². The number of carboxylic acids is 1.